The number of benzene rings is 1. The first-order valence-corrected chi connectivity index (χ1v) is 11.4. The molecule has 180 valence electrons. The second-order valence-electron chi connectivity index (χ2n) is 7.47. The van der Waals surface area contributed by atoms with Gasteiger partial charge in [-0.15, -0.1) is 24.5 Å². The Hall–Kier alpha value is -2.86. The van der Waals surface area contributed by atoms with Gasteiger partial charge in [0.05, 0.1) is 11.5 Å². The zero-order valence-corrected chi connectivity index (χ0v) is 19.8. The minimum absolute atomic E-state index is 0.331. The van der Waals surface area contributed by atoms with Gasteiger partial charge in [-0.05, 0) is 62.2 Å². The number of halogens is 3. The van der Waals surface area contributed by atoms with E-state index in [1.54, 1.807) is 26.8 Å². The number of nitrogens with zero attached hydrogens (tertiary/aromatic N) is 1. The molecule has 0 saturated heterocycles. The van der Waals surface area contributed by atoms with Crippen LogP contribution in [0.3, 0.4) is 0 Å². The number of rotatable bonds is 10. The molecule has 7 nitrogen and oxygen atoms in total. The van der Waals surface area contributed by atoms with Crippen LogP contribution in [0.25, 0.3) is 5.70 Å². The van der Waals surface area contributed by atoms with Crippen molar-refractivity contribution >= 4 is 34.8 Å². The Morgan fingerprint density at radius 1 is 1.27 bits per heavy atom. The normalized spacial score (nSPS) is 13.5. The van der Waals surface area contributed by atoms with Crippen LogP contribution in [0.2, 0.25) is 0 Å². The highest BCUT2D eigenvalue weighted by molar-refractivity contribution is 8.02. The quantitative estimate of drug-likeness (QED) is 0.280. The molecule has 33 heavy (non-hydrogen) atoms. The van der Waals surface area contributed by atoms with E-state index in [9.17, 15) is 23.1 Å². The largest absolute Gasteiger partial charge is 0.573 e. The van der Waals surface area contributed by atoms with Gasteiger partial charge in [-0.25, -0.2) is 4.98 Å². The van der Waals surface area contributed by atoms with Crippen molar-refractivity contribution in [1.29, 1.82) is 0 Å². The summed E-state index contributed by atoms with van der Waals surface area (Å²) in [6.45, 7) is 5.50. The number of thiazole rings is 1. The fourth-order valence-corrected chi connectivity index (χ4v) is 4.65. The summed E-state index contributed by atoms with van der Waals surface area (Å²) >= 11 is 2.58. The number of aromatic nitrogens is 1. The van der Waals surface area contributed by atoms with Crippen LogP contribution in [0.5, 0.6) is 5.75 Å². The smallest absolute Gasteiger partial charge is 0.480 e. The van der Waals surface area contributed by atoms with E-state index in [0.29, 0.717) is 40.0 Å². The van der Waals surface area contributed by atoms with Crippen LogP contribution in [0.1, 0.15) is 32.0 Å². The number of aliphatic carboxylic acids is 1. The molecule has 0 aliphatic carbocycles. The van der Waals surface area contributed by atoms with Crippen molar-refractivity contribution in [2.45, 2.75) is 42.6 Å². The van der Waals surface area contributed by atoms with E-state index in [1.165, 1.54) is 47.4 Å². The number of thioether (sulfide) groups is 1. The first-order valence-electron chi connectivity index (χ1n) is 9.67. The molecule has 1 aromatic heterocycles. The maximum Gasteiger partial charge on any atom is 0.573 e. The van der Waals surface area contributed by atoms with Gasteiger partial charge in [-0.2, -0.15) is 0 Å². The Labute approximate surface area is 197 Å². The molecular weight excluding hydrogens is 477 g/mol. The number of alkyl halides is 3. The summed E-state index contributed by atoms with van der Waals surface area (Å²) in [4.78, 5) is 15.7. The van der Waals surface area contributed by atoms with E-state index < -0.39 is 17.1 Å². The number of allylic oxidation sites excluding steroid dienone is 2. The second-order valence-corrected chi connectivity index (χ2v) is 10.2. The number of nitrogens with one attached hydrogen (secondary N) is 1. The fraction of sp³-hybridized carbons (Fsp3) is 0.333. The number of ether oxygens (including phenoxy) is 1. The van der Waals surface area contributed by atoms with Gasteiger partial charge in [0.2, 0.25) is 0 Å². The molecule has 0 radical (unpaired) electrons. The number of carboxylic acid groups (broad SMARTS) is 1. The Bertz CT molecular complexity index is 1030. The summed E-state index contributed by atoms with van der Waals surface area (Å²) in [5.41, 5.74) is 14.4. The van der Waals surface area contributed by atoms with Crippen LogP contribution in [-0.2, 0) is 11.2 Å². The summed E-state index contributed by atoms with van der Waals surface area (Å²) in [7, 11) is 0. The molecule has 1 aromatic carbocycles. The summed E-state index contributed by atoms with van der Waals surface area (Å²) in [6.07, 6.45) is -2.55. The minimum atomic E-state index is -4.75. The Morgan fingerprint density at radius 3 is 2.48 bits per heavy atom. The van der Waals surface area contributed by atoms with E-state index >= 15 is 0 Å². The van der Waals surface area contributed by atoms with Gasteiger partial charge in [0, 0.05) is 24.0 Å². The average molecular weight is 503 g/mol. The number of nitrogens with two attached hydrogens (primary N) is 2. The van der Waals surface area contributed by atoms with Crippen LogP contribution >= 0.6 is 23.1 Å². The predicted octanol–water partition coefficient (Wildman–Crippen LogP) is 4.32. The van der Waals surface area contributed by atoms with Gasteiger partial charge in [0.1, 0.15) is 10.5 Å². The second kappa shape index (κ2) is 10.8. The van der Waals surface area contributed by atoms with Gasteiger partial charge in [-0.1, -0.05) is 11.8 Å². The molecule has 0 amide bonds. The fourth-order valence-electron chi connectivity index (χ4n) is 2.42. The lowest BCUT2D eigenvalue weighted by Crippen LogP contribution is -2.26. The third-order valence-corrected chi connectivity index (χ3v) is 6.48. The zero-order chi connectivity index (χ0) is 24.8. The van der Waals surface area contributed by atoms with E-state index in [2.05, 4.69) is 15.0 Å². The lowest BCUT2D eigenvalue weighted by Gasteiger charge is -2.15. The zero-order valence-electron chi connectivity index (χ0n) is 18.2. The number of carboxylic acids is 1. The highest BCUT2D eigenvalue weighted by Crippen LogP contribution is 2.34. The maximum absolute atomic E-state index is 12.3. The predicted molar refractivity (Wildman–Crippen MR) is 124 cm³/mol. The maximum atomic E-state index is 12.3. The van der Waals surface area contributed by atoms with Crippen molar-refractivity contribution in [3.63, 3.8) is 0 Å². The topological polar surface area (TPSA) is 123 Å². The molecule has 2 aromatic rings. The molecule has 12 heteroatoms. The summed E-state index contributed by atoms with van der Waals surface area (Å²) in [5.74, 6) is -0.841. The third kappa shape index (κ3) is 8.54. The molecule has 0 spiro atoms. The molecule has 0 atom stereocenters. The van der Waals surface area contributed by atoms with E-state index in [4.69, 9.17) is 11.5 Å². The Morgan fingerprint density at radius 2 is 1.91 bits per heavy atom. The Kier molecular flexibility index (Phi) is 8.67. The van der Waals surface area contributed by atoms with Crippen LogP contribution in [0.15, 0.2) is 51.5 Å². The van der Waals surface area contributed by atoms with Crippen molar-refractivity contribution in [1.82, 2.24) is 10.3 Å². The molecule has 0 aliphatic rings. The molecule has 0 fully saturated rings. The average Bonchev–Trinajstić information content (AvgIpc) is 3.13. The monoisotopic (exact) mass is 502 g/mol. The lowest BCUT2D eigenvalue weighted by atomic mass is 10.1. The minimum Gasteiger partial charge on any atom is -0.480 e. The molecule has 0 unspecified atom stereocenters. The number of carbonyl (C=O) groups is 1. The number of hydrogen-bond donors (Lipinski definition) is 4. The van der Waals surface area contributed by atoms with Crippen LogP contribution in [0.4, 0.5) is 13.2 Å². The molecule has 0 bridgehead atoms. The standard InChI is InChI=1S/C21H25F3N4O3S2/c1-12(10-16(25)13-4-6-15(7-5-13)31-21(22,23)24)17(26)27-9-8-14-11-32-19(28-14)33-20(2,3)18(29)30/h4-7,10-11,27H,8-9,25-26H2,1-3H3,(H,29,30)/b16-10-,17-12+. The lowest BCUT2D eigenvalue weighted by molar-refractivity contribution is -0.274. The van der Waals surface area contributed by atoms with Crippen molar-refractivity contribution < 1.29 is 27.8 Å². The molecule has 0 aliphatic heterocycles. The van der Waals surface area contributed by atoms with Crippen molar-refractivity contribution in [2.24, 2.45) is 11.5 Å². The van der Waals surface area contributed by atoms with Gasteiger partial charge in [0.25, 0.3) is 0 Å². The first kappa shape index (κ1) is 26.4. The first-order chi connectivity index (χ1) is 15.3. The van der Waals surface area contributed by atoms with Gasteiger partial charge < -0.3 is 26.6 Å². The summed E-state index contributed by atoms with van der Waals surface area (Å²) in [6, 6.07) is 5.21. The number of hydrogen-bond acceptors (Lipinski definition) is 8. The van der Waals surface area contributed by atoms with E-state index in [-0.39, 0.29) is 5.75 Å². The molecular formula is C21H25F3N4O3S2. The molecule has 6 N–H and O–H groups in total. The Balaban J connectivity index is 1.93. The van der Waals surface area contributed by atoms with Gasteiger partial charge in [0.15, 0.2) is 4.34 Å². The highest BCUT2D eigenvalue weighted by Gasteiger charge is 2.31. The molecule has 1 heterocycles. The van der Waals surface area contributed by atoms with Crippen LogP contribution < -0.4 is 21.5 Å². The van der Waals surface area contributed by atoms with Crippen molar-refractivity contribution in [3.05, 3.63) is 58.4 Å². The van der Waals surface area contributed by atoms with Crippen LogP contribution in [0, 0.1) is 0 Å². The summed E-state index contributed by atoms with van der Waals surface area (Å²) < 4.78 is 40.3. The van der Waals surface area contributed by atoms with E-state index in [1.807, 2.05) is 5.38 Å². The van der Waals surface area contributed by atoms with Gasteiger partial charge in [-0.3, -0.25) is 4.79 Å². The van der Waals surface area contributed by atoms with Crippen molar-refractivity contribution in [2.75, 3.05) is 6.54 Å². The summed E-state index contributed by atoms with van der Waals surface area (Å²) in [5, 5.41) is 14.2. The SMILES string of the molecule is CC(/C=C(\N)c1ccc(OC(F)(F)F)cc1)=C(/N)NCCc1csc(SC(C)(C)C(=O)O)n1. The highest BCUT2D eigenvalue weighted by atomic mass is 32.2. The van der Waals surface area contributed by atoms with Crippen LogP contribution in [-0.4, -0.2) is 33.7 Å². The molecule has 0 saturated carbocycles. The third-order valence-electron chi connectivity index (χ3n) is 4.30. The van der Waals surface area contributed by atoms with Gasteiger partial charge >= 0.3 is 12.3 Å². The van der Waals surface area contributed by atoms with E-state index in [0.717, 1.165) is 5.69 Å². The van der Waals surface area contributed by atoms with Crippen molar-refractivity contribution in [3.8, 4) is 5.75 Å². The molecule has 2 rings (SSSR count).